The van der Waals surface area contributed by atoms with Crippen molar-refractivity contribution in [2.24, 2.45) is 5.92 Å². The molecule has 0 aliphatic heterocycles. The quantitative estimate of drug-likeness (QED) is 0.453. The number of hydrogen-bond acceptors (Lipinski definition) is 3. The SMILES string of the molecule is CC(C)(C)OC(=O)NC(C(=O)O)C1CCCCC1.O.O.O.O.O.O.O.O.O. The monoisotopic (exact) mass is 419 g/mol. The fourth-order valence-corrected chi connectivity index (χ4v) is 2.28. The Labute approximate surface area is 157 Å². The number of amides is 1. The van der Waals surface area contributed by atoms with Crippen LogP contribution in [0.2, 0.25) is 0 Å². The lowest BCUT2D eigenvalue weighted by molar-refractivity contribution is -0.141. The maximum atomic E-state index is 11.6. The Kier molecular flexibility index (Phi) is 50.8. The summed E-state index contributed by atoms with van der Waals surface area (Å²) in [7, 11) is 0. The second-order valence-corrected chi connectivity index (χ2v) is 5.86. The number of ether oxygens (including phenoxy) is 1. The number of nitrogens with one attached hydrogen (secondary N) is 1. The van der Waals surface area contributed by atoms with Gasteiger partial charge in [-0.15, -0.1) is 0 Å². The van der Waals surface area contributed by atoms with Crippen molar-refractivity contribution in [2.45, 2.75) is 64.5 Å². The summed E-state index contributed by atoms with van der Waals surface area (Å²) in [6.45, 7) is 5.26. The molecule has 1 unspecified atom stereocenters. The maximum Gasteiger partial charge on any atom is 0.408 e. The molecule has 14 heteroatoms. The Morgan fingerprint density at radius 2 is 1.22 bits per heavy atom. The van der Waals surface area contributed by atoms with Crippen LogP contribution < -0.4 is 5.32 Å². The average molecular weight is 419 g/mol. The van der Waals surface area contributed by atoms with Gasteiger partial charge in [0, 0.05) is 0 Å². The summed E-state index contributed by atoms with van der Waals surface area (Å²) in [5.74, 6) is -0.962. The van der Waals surface area contributed by atoms with Gasteiger partial charge in [0.05, 0.1) is 0 Å². The lowest BCUT2D eigenvalue weighted by Crippen LogP contribution is -2.48. The van der Waals surface area contributed by atoms with Crippen LogP contribution in [-0.4, -0.2) is 78.1 Å². The zero-order chi connectivity index (χ0) is 13.8. The molecule has 20 N–H and O–H groups in total. The minimum Gasteiger partial charge on any atom is -0.480 e. The minimum atomic E-state index is -0.979. The first-order valence-electron chi connectivity index (χ1n) is 6.52. The molecule has 0 aromatic carbocycles. The van der Waals surface area contributed by atoms with Gasteiger partial charge in [0.2, 0.25) is 0 Å². The molecule has 0 radical (unpaired) electrons. The van der Waals surface area contributed by atoms with Crippen LogP contribution in [0.15, 0.2) is 0 Å². The molecule has 1 atom stereocenters. The highest BCUT2D eigenvalue weighted by atomic mass is 16.6. The molecule has 1 rings (SSSR count). The van der Waals surface area contributed by atoms with E-state index in [1.54, 1.807) is 20.8 Å². The standard InChI is InChI=1S/C13H23NO4.9H2O/c1-13(2,3)18-12(17)14-10(11(15)16)9-7-5-4-6-8-9;;;;;;;;;/h9-10H,4-8H2,1-3H3,(H,14,17)(H,15,16);9*1H2. The Hall–Kier alpha value is -1.62. The zero-order valence-corrected chi connectivity index (χ0v) is 15.9. The highest BCUT2D eigenvalue weighted by Crippen LogP contribution is 2.26. The molecule has 1 aliphatic carbocycles. The van der Waals surface area contributed by atoms with Crippen molar-refractivity contribution in [1.29, 1.82) is 0 Å². The van der Waals surface area contributed by atoms with Gasteiger partial charge >= 0.3 is 12.1 Å². The molecule has 1 fully saturated rings. The van der Waals surface area contributed by atoms with Gasteiger partial charge in [0.25, 0.3) is 0 Å². The molecule has 0 heterocycles. The number of carboxylic acid groups (broad SMARTS) is 1. The number of carboxylic acids is 1. The van der Waals surface area contributed by atoms with Crippen LogP contribution in [0.25, 0.3) is 0 Å². The molecule has 27 heavy (non-hydrogen) atoms. The van der Waals surface area contributed by atoms with Crippen molar-refractivity contribution < 1.29 is 68.7 Å². The lowest BCUT2D eigenvalue weighted by atomic mass is 9.84. The average Bonchev–Trinajstić information content (AvgIpc) is 2.24. The van der Waals surface area contributed by atoms with E-state index < -0.39 is 23.7 Å². The van der Waals surface area contributed by atoms with Crippen LogP contribution in [0.4, 0.5) is 4.79 Å². The summed E-state index contributed by atoms with van der Waals surface area (Å²) in [5, 5.41) is 11.7. The van der Waals surface area contributed by atoms with Gasteiger partial charge in [-0.25, -0.2) is 9.59 Å². The summed E-state index contributed by atoms with van der Waals surface area (Å²) in [4.78, 5) is 22.8. The number of alkyl carbamates (subject to hydrolysis) is 1. The third kappa shape index (κ3) is 22.3. The highest BCUT2D eigenvalue weighted by Gasteiger charge is 2.32. The van der Waals surface area contributed by atoms with Gasteiger partial charge < -0.3 is 64.4 Å². The van der Waals surface area contributed by atoms with Crippen LogP contribution in [0.1, 0.15) is 52.9 Å². The minimum absolute atomic E-state index is 0. The van der Waals surface area contributed by atoms with Crippen molar-refractivity contribution in [3.8, 4) is 0 Å². The van der Waals surface area contributed by atoms with Crippen LogP contribution >= 0.6 is 0 Å². The molecule has 176 valence electrons. The maximum absolute atomic E-state index is 11.6. The summed E-state index contributed by atoms with van der Waals surface area (Å²) < 4.78 is 5.10. The van der Waals surface area contributed by atoms with Crippen LogP contribution in [0, 0.1) is 5.92 Å². The van der Waals surface area contributed by atoms with Gasteiger partial charge in [-0.3, -0.25) is 0 Å². The van der Waals surface area contributed by atoms with E-state index in [9.17, 15) is 14.7 Å². The molecule has 14 nitrogen and oxygen atoms in total. The third-order valence-electron chi connectivity index (χ3n) is 3.06. The number of hydrogen-bond donors (Lipinski definition) is 2. The van der Waals surface area contributed by atoms with E-state index in [-0.39, 0.29) is 55.2 Å². The second-order valence-electron chi connectivity index (χ2n) is 5.86. The Morgan fingerprint density at radius 3 is 1.52 bits per heavy atom. The number of rotatable bonds is 3. The van der Waals surface area contributed by atoms with Crippen molar-refractivity contribution in [3.05, 3.63) is 0 Å². The van der Waals surface area contributed by atoms with E-state index in [0.29, 0.717) is 0 Å². The number of aliphatic carboxylic acids is 1. The van der Waals surface area contributed by atoms with E-state index in [4.69, 9.17) is 4.74 Å². The zero-order valence-electron chi connectivity index (χ0n) is 15.9. The van der Waals surface area contributed by atoms with Gasteiger partial charge in [0.1, 0.15) is 11.6 Å². The van der Waals surface area contributed by atoms with Crippen molar-refractivity contribution >= 4 is 12.1 Å². The Morgan fingerprint density at radius 1 is 0.852 bits per heavy atom. The molecule has 0 bridgehead atoms. The van der Waals surface area contributed by atoms with Crippen molar-refractivity contribution in [2.75, 3.05) is 0 Å². The molecule has 0 aromatic rings. The molecule has 0 saturated heterocycles. The van der Waals surface area contributed by atoms with Crippen LogP contribution in [0.5, 0.6) is 0 Å². The molecule has 1 aliphatic rings. The fourth-order valence-electron chi connectivity index (χ4n) is 2.28. The van der Waals surface area contributed by atoms with Crippen molar-refractivity contribution in [3.63, 3.8) is 0 Å². The molecule has 0 aromatic heterocycles. The fraction of sp³-hybridized carbons (Fsp3) is 0.846. The normalized spacial score (nSPS) is 12.7. The van der Waals surface area contributed by atoms with E-state index in [1.807, 2.05) is 0 Å². The molecule has 0 spiro atoms. The Bertz CT molecular complexity index is 316. The highest BCUT2D eigenvalue weighted by molar-refractivity contribution is 5.80. The summed E-state index contributed by atoms with van der Waals surface area (Å²) in [6.07, 6.45) is 4.27. The largest absolute Gasteiger partial charge is 0.480 e. The molecule has 1 amide bonds. The molecule has 1 saturated carbocycles. The van der Waals surface area contributed by atoms with E-state index in [1.165, 1.54) is 0 Å². The topological polar surface area (TPSA) is 359 Å². The summed E-state index contributed by atoms with van der Waals surface area (Å²) >= 11 is 0. The molecular weight excluding hydrogens is 378 g/mol. The Balaban J connectivity index is -0.0000000514. The predicted octanol–water partition coefficient (Wildman–Crippen LogP) is -4.88. The number of carbonyl (C=O) groups is 2. The first-order valence-corrected chi connectivity index (χ1v) is 6.52. The van der Waals surface area contributed by atoms with Gasteiger partial charge in [-0.05, 0) is 39.5 Å². The van der Waals surface area contributed by atoms with E-state index in [0.717, 1.165) is 32.1 Å². The first kappa shape index (κ1) is 56.2. The second kappa shape index (κ2) is 24.4. The predicted molar refractivity (Wildman–Crippen MR) is 99.9 cm³/mol. The summed E-state index contributed by atoms with van der Waals surface area (Å²) in [6, 6.07) is -0.833. The van der Waals surface area contributed by atoms with Gasteiger partial charge in [0.15, 0.2) is 0 Å². The van der Waals surface area contributed by atoms with Gasteiger partial charge in [-0.2, -0.15) is 0 Å². The summed E-state index contributed by atoms with van der Waals surface area (Å²) in [5.41, 5.74) is -0.611. The molecular formula is C13H41NO13. The van der Waals surface area contributed by atoms with Gasteiger partial charge in [-0.1, -0.05) is 19.3 Å². The first-order chi connectivity index (χ1) is 8.29. The van der Waals surface area contributed by atoms with Crippen LogP contribution in [-0.2, 0) is 9.53 Å². The van der Waals surface area contributed by atoms with E-state index >= 15 is 0 Å². The lowest BCUT2D eigenvalue weighted by Gasteiger charge is -2.29. The van der Waals surface area contributed by atoms with Crippen LogP contribution in [0.3, 0.4) is 0 Å². The van der Waals surface area contributed by atoms with E-state index in [2.05, 4.69) is 5.32 Å². The third-order valence-corrected chi connectivity index (χ3v) is 3.06. The number of carbonyl (C=O) groups excluding carboxylic acids is 1. The smallest absolute Gasteiger partial charge is 0.408 e. The van der Waals surface area contributed by atoms with Crippen molar-refractivity contribution in [1.82, 2.24) is 5.32 Å².